The summed E-state index contributed by atoms with van der Waals surface area (Å²) in [6.45, 7) is 2.33. The molecule has 0 bridgehead atoms. The lowest BCUT2D eigenvalue weighted by Gasteiger charge is -2.11. The van der Waals surface area contributed by atoms with Gasteiger partial charge < -0.3 is 4.84 Å². The summed E-state index contributed by atoms with van der Waals surface area (Å²) in [4.78, 5) is 32.5. The van der Waals surface area contributed by atoms with Crippen LogP contribution in [0.2, 0.25) is 0 Å². The third-order valence-electron chi connectivity index (χ3n) is 3.08. The summed E-state index contributed by atoms with van der Waals surface area (Å²) < 4.78 is 0. The van der Waals surface area contributed by atoms with Gasteiger partial charge in [0.2, 0.25) is 0 Å². The average molecular weight is 271 g/mol. The second kappa shape index (κ2) is 4.80. The molecule has 0 fully saturated rings. The van der Waals surface area contributed by atoms with E-state index in [0.717, 1.165) is 6.42 Å². The van der Waals surface area contributed by atoms with Gasteiger partial charge in [-0.2, -0.15) is 0 Å². The molecule has 0 atom stereocenters. The number of hydrogen-bond acceptors (Lipinski definition) is 4. The molecule has 3 rings (SSSR count). The minimum Gasteiger partial charge on any atom is -0.357 e. The Balaban J connectivity index is 2.01. The molecule has 20 heavy (non-hydrogen) atoms. The molecule has 0 radical (unpaired) electrons. The lowest BCUT2D eigenvalue weighted by Crippen LogP contribution is -2.30. The third kappa shape index (κ3) is 1.85. The van der Waals surface area contributed by atoms with Crippen molar-refractivity contribution in [3.63, 3.8) is 0 Å². The van der Waals surface area contributed by atoms with Crippen molar-refractivity contribution >= 4 is 11.8 Å². The maximum Gasteiger partial charge on any atom is 0.265 e. The van der Waals surface area contributed by atoms with E-state index in [-0.39, 0.29) is 11.8 Å². The van der Waals surface area contributed by atoms with Crippen molar-refractivity contribution in [2.75, 3.05) is 6.54 Å². The van der Waals surface area contributed by atoms with Gasteiger partial charge in [0.25, 0.3) is 11.8 Å². The van der Waals surface area contributed by atoms with Crippen LogP contribution < -0.4 is 4.84 Å². The van der Waals surface area contributed by atoms with Gasteiger partial charge in [-0.05, 0) is 24.6 Å². The SMILES string of the molecule is CCCN1C(=O)c2cccc(On3cccn3)c2C1=O. The Kier molecular flexibility index (Phi) is 2.98. The quantitative estimate of drug-likeness (QED) is 0.794. The summed E-state index contributed by atoms with van der Waals surface area (Å²) in [6, 6.07) is 6.69. The third-order valence-corrected chi connectivity index (χ3v) is 3.08. The van der Waals surface area contributed by atoms with E-state index in [2.05, 4.69) is 5.10 Å². The van der Waals surface area contributed by atoms with Gasteiger partial charge in [0, 0.05) is 6.54 Å². The zero-order valence-corrected chi connectivity index (χ0v) is 10.9. The van der Waals surface area contributed by atoms with Gasteiger partial charge in [0.05, 0.1) is 23.5 Å². The smallest absolute Gasteiger partial charge is 0.265 e. The van der Waals surface area contributed by atoms with Gasteiger partial charge in [-0.25, -0.2) is 0 Å². The Hall–Kier alpha value is -2.63. The Bertz CT molecular complexity index is 664. The first-order chi connectivity index (χ1) is 9.72. The van der Waals surface area contributed by atoms with Crippen LogP contribution in [-0.4, -0.2) is 33.2 Å². The Morgan fingerprint density at radius 1 is 1.20 bits per heavy atom. The Morgan fingerprint density at radius 2 is 2.05 bits per heavy atom. The predicted octanol–water partition coefficient (Wildman–Crippen LogP) is 1.73. The lowest BCUT2D eigenvalue weighted by molar-refractivity contribution is 0.0652. The fraction of sp³-hybridized carbons (Fsp3) is 0.214. The summed E-state index contributed by atoms with van der Waals surface area (Å²) in [5.41, 5.74) is 0.689. The molecule has 2 heterocycles. The highest BCUT2D eigenvalue weighted by Gasteiger charge is 2.37. The molecule has 102 valence electrons. The van der Waals surface area contributed by atoms with Gasteiger partial charge in [0.15, 0.2) is 5.75 Å². The molecule has 0 saturated carbocycles. The average Bonchev–Trinajstić information content (AvgIpc) is 3.03. The molecule has 0 aliphatic carbocycles. The van der Waals surface area contributed by atoms with Crippen LogP contribution in [0.4, 0.5) is 0 Å². The largest absolute Gasteiger partial charge is 0.357 e. The molecule has 1 aliphatic heterocycles. The summed E-state index contributed by atoms with van der Waals surface area (Å²) in [5.74, 6) is -0.240. The number of hydrogen-bond donors (Lipinski definition) is 0. The van der Waals surface area contributed by atoms with Crippen LogP contribution in [0.1, 0.15) is 34.1 Å². The molecule has 0 unspecified atom stereocenters. The van der Waals surface area contributed by atoms with Gasteiger partial charge in [-0.3, -0.25) is 14.5 Å². The molecule has 2 amide bonds. The molecule has 0 spiro atoms. The van der Waals surface area contributed by atoms with Crippen molar-refractivity contribution in [3.8, 4) is 5.75 Å². The van der Waals surface area contributed by atoms with E-state index in [0.29, 0.717) is 23.4 Å². The standard InChI is InChI=1S/C14H13N3O3/c1-2-8-16-13(18)10-5-3-6-11(12(10)14(16)19)20-17-9-4-7-15-17/h3-7,9H,2,8H2,1H3. The summed E-state index contributed by atoms with van der Waals surface area (Å²) >= 11 is 0. The highest BCUT2D eigenvalue weighted by molar-refractivity contribution is 6.22. The molecular weight excluding hydrogens is 258 g/mol. The van der Waals surface area contributed by atoms with Crippen molar-refractivity contribution in [1.82, 2.24) is 14.8 Å². The number of nitrogens with zero attached hydrogens (tertiary/aromatic N) is 3. The van der Waals surface area contributed by atoms with Crippen LogP contribution in [0, 0.1) is 0 Å². The zero-order valence-electron chi connectivity index (χ0n) is 10.9. The van der Waals surface area contributed by atoms with Crippen molar-refractivity contribution in [3.05, 3.63) is 47.8 Å². The first-order valence-electron chi connectivity index (χ1n) is 6.39. The highest BCUT2D eigenvalue weighted by atomic mass is 16.7. The second-order valence-corrected chi connectivity index (χ2v) is 4.44. The molecule has 0 saturated heterocycles. The van der Waals surface area contributed by atoms with Crippen molar-refractivity contribution in [2.45, 2.75) is 13.3 Å². The van der Waals surface area contributed by atoms with Crippen molar-refractivity contribution < 1.29 is 14.4 Å². The van der Waals surface area contributed by atoms with E-state index in [1.807, 2.05) is 6.92 Å². The van der Waals surface area contributed by atoms with E-state index in [9.17, 15) is 9.59 Å². The predicted molar refractivity (Wildman–Crippen MR) is 70.4 cm³/mol. The number of fused-ring (bicyclic) bond motifs is 1. The normalized spacial score (nSPS) is 13.8. The minimum atomic E-state index is -0.311. The van der Waals surface area contributed by atoms with Crippen LogP contribution in [0.25, 0.3) is 0 Å². The number of carbonyl (C=O) groups is 2. The fourth-order valence-electron chi connectivity index (χ4n) is 2.21. The molecule has 1 aliphatic rings. The van der Waals surface area contributed by atoms with Gasteiger partial charge in [-0.15, -0.1) is 9.94 Å². The van der Waals surface area contributed by atoms with Gasteiger partial charge >= 0.3 is 0 Å². The fourth-order valence-corrected chi connectivity index (χ4v) is 2.21. The van der Waals surface area contributed by atoms with Crippen molar-refractivity contribution in [1.29, 1.82) is 0 Å². The number of aromatic nitrogens is 2. The number of benzene rings is 1. The van der Waals surface area contributed by atoms with E-state index < -0.39 is 0 Å². The maximum atomic E-state index is 12.3. The second-order valence-electron chi connectivity index (χ2n) is 4.44. The van der Waals surface area contributed by atoms with Crippen LogP contribution in [-0.2, 0) is 0 Å². The van der Waals surface area contributed by atoms with E-state index >= 15 is 0 Å². The van der Waals surface area contributed by atoms with E-state index in [1.54, 1.807) is 36.7 Å². The molecule has 2 aromatic rings. The molecule has 6 heteroatoms. The summed E-state index contributed by atoms with van der Waals surface area (Å²) in [6.07, 6.45) is 3.91. The molecule has 0 N–H and O–H groups in total. The molecule has 6 nitrogen and oxygen atoms in total. The lowest BCUT2D eigenvalue weighted by atomic mass is 10.1. The van der Waals surface area contributed by atoms with Crippen LogP contribution in [0.3, 0.4) is 0 Å². The van der Waals surface area contributed by atoms with Gasteiger partial charge in [0.1, 0.15) is 0 Å². The van der Waals surface area contributed by atoms with Crippen LogP contribution >= 0.6 is 0 Å². The maximum absolute atomic E-state index is 12.3. The summed E-state index contributed by atoms with van der Waals surface area (Å²) in [7, 11) is 0. The van der Waals surface area contributed by atoms with Gasteiger partial charge in [-0.1, -0.05) is 13.0 Å². The number of rotatable bonds is 4. The Labute approximate surface area is 115 Å². The van der Waals surface area contributed by atoms with E-state index in [4.69, 9.17) is 4.84 Å². The highest BCUT2D eigenvalue weighted by Crippen LogP contribution is 2.31. The zero-order chi connectivity index (χ0) is 14.1. The first-order valence-corrected chi connectivity index (χ1v) is 6.39. The topological polar surface area (TPSA) is 64.4 Å². The molecule has 1 aromatic heterocycles. The first kappa shape index (κ1) is 12.4. The number of imide groups is 1. The van der Waals surface area contributed by atoms with Crippen LogP contribution in [0.15, 0.2) is 36.7 Å². The van der Waals surface area contributed by atoms with Crippen LogP contribution in [0.5, 0.6) is 5.75 Å². The number of carbonyl (C=O) groups excluding carboxylic acids is 2. The Morgan fingerprint density at radius 3 is 2.75 bits per heavy atom. The minimum absolute atomic E-state index is 0.266. The summed E-state index contributed by atoms with van der Waals surface area (Å²) in [5, 5.41) is 3.92. The monoisotopic (exact) mass is 271 g/mol. The molecule has 1 aromatic carbocycles. The molecular formula is C14H13N3O3. The van der Waals surface area contributed by atoms with E-state index in [1.165, 1.54) is 9.75 Å². The van der Waals surface area contributed by atoms with Crippen molar-refractivity contribution in [2.24, 2.45) is 0 Å². The number of amides is 2.